The van der Waals surface area contributed by atoms with E-state index in [-0.39, 0.29) is 5.91 Å². The summed E-state index contributed by atoms with van der Waals surface area (Å²) in [5.74, 6) is 0.306. The summed E-state index contributed by atoms with van der Waals surface area (Å²) in [6, 6.07) is 8.89. The Kier molecular flexibility index (Phi) is 5.30. The number of amides is 1. The summed E-state index contributed by atoms with van der Waals surface area (Å²) < 4.78 is 5.62. The third-order valence-electron chi connectivity index (χ3n) is 3.10. The van der Waals surface area contributed by atoms with Crippen molar-refractivity contribution < 1.29 is 9.53 Å². The fraction of sp³-hybridized carbons (Fsp3) is 0.235. The van der Waals surface area contributed by atoms with E-state index in [0.29, 0.717) is 39.8 Å². The highest BCUT2D eigenvalue weighted by molar-refractivity contribution is 7.18. The number of rotatable bonds is 6. The van der Waals surface area contributed by atoms with Crippen molar-refractivity contribution in [3.05, 3.63) is 48.3 Å². The number of nitrogens with one attached hydrogen (secondary N) is 1. The summed E-state index contributed by atoms with van der Waals surface area (Å²) in [6.45, 7) is 4.55. The van der Waals surface area contributed by atoms with E-state index in [1.165, 1.54) is 11.3 Å². The SMILES string of the molecule is CC(C)COc1ncccc1C(=O)Nc1nnc(-c2ccccn2)s1. The fourth-order valence-corrected chi connectivity index (χ4v) is 2.67. The second-order valence-electron chi connectivity index (χ2n) is 5.64. The number of hydrogen-bond donors (Lipinski definition) is 1. The van der Waals surface area contributed by atoms with E-state index >= 15 is 0 Å². The Morgan fingerprint density at radius 2 is 2.00 bits per heavy atom. The highest BCUT2D eigenvalue weighted by Gasteiger charge is 2.16. The van der Waals surface area contributed by atoms with Gasteiger partial charge in [-0.25, -0.2) is 4.98 Å². The number of nitrogens with zero attached hydrogens (tertiary/aromatic N) is 4. The Bertz CT molecular complexity index is 851. The van der Waals surface area contributed by atoms with Crippen LogP contribution in [-0.4, -0.2) is 32.7 Å². The van der Waals surface area contributed by atoms with E-state index in [1.54, 1.807) is 24.5 Å². The molecule has 0 atom stereocenters. The van der Waals surface area contributed by atoms with Crippen LogP contribution in [0.5, 0.6) is 5.88 Å². The lowest BCUT2D eigenvalue weighted by atomic mass is 10.2. The summed E-state index contributed by atoms with van der Waals surface area (Å²) in [6.07, 6.45) is 3.28. The molecular weight excluding hydrogens is 338 g/mol. The van der Waals surface area contributed by atoms with E-state index in [0.717, 1.165) is 0 Å². The molecule has 0 unspecified atom stereocenters. The van der Waals surface area contributed by atoms with Crippen LogP contribution in [0.15, 0.2) is 42.7 Å². The highest BCUT2D eigenvalue weighted by atomic mass is 32.1. The molecule has 0 aliphatic heterocycles. The largest absolute Gasteiger partial charge is 0.477 e. The van der Waals surface area contributed by atoms with Crippen LogP contribution in [-0.2, 0) is 0 Å². The van der Waals surface area contributed by atoms with Crippen LogP contribution in [0.4, 0.5) is 5.13 Å². The zero-order valence-corrected chi connectivity index (χ0v) is 14.7. The van der Waals surface area contributed by atoms with Gasteiger partial charge >= 0.3 is 0 Å². The molecule has 25 heavy (non-hydrogen) atoms. The summed E-state index contributed by atoms with van der Waals surface area (Å²) in [4.78, 5) is 20.9. The third kappa shape index (κ3) is 4.36. The van der Waals surface area contributed by atoms with Crippen LogP contribution < -0.4 is 10.1 Å². The van der Waals surface area contributed by atoms with E-state index < -0.39 is 0 Å². The average molecular weight is 355 g/mol. The molecule has 3 aromatic heterocycles. The zero-order chi connectivity index (χ0) is 17.6. The first kappa shape index (κ1) is 17.0. The molecule has 0 aliphatic carbocycles. The molecule has 8 heteroatoms. The van der Waals surface area contributed by atoms with Crippen molar-refractivity contribution in [1.29, 1.82) is 0 Å². The van der Waals surface area contributed by atoms with Gasteiger partial charge < -0.3 is 4.74 Å². The molecule has 3 heterocycles. The maximum absolute atomic E-state index is 12.5. The monoisotopic (exact) mass is 355 g/mol. The lowest BCUT2D eigenvalue weighted by Crippen LogP contribution is -2.15. The number of hydrogen-bond acceptors (Lipinski definition) is 7. The van der Waals surface area contributed by atoms with Gasteiger partial charge in [0.2, 0.25) is 11.0 Å². The Balaban J connectivity index is 1.74. The standard InChI is InChI=1S/C17H17N5O2S/c1-11(2)10-24-15-12(6-5-9-19-15)14(23)20-17-22-21-16(25-17)13-7-3-4-8-18-13/h3-9,11H,10H2,1-2H3,(H,20,22,23). The van der Waals surface area contributed by atoms with Crippen molar-refractivity contribution in [1.82, 2.24) is 20.2 Å². The molecule has 128 valence electrons. The van der Waals surface area contributed by atoms with Crippen LogP contribution in [0.1, 0.15) is 24.2 Å². The van der Waals surface area contributed by atoms with Gasteiger partial charge in [0.05, 0.1) is 6.61 Å². The van der Waals surface area contributed by atoms with Crippen LogP contribution >= 0.6 is 11.3 Å². The Morgan fingerprint density at radius 3 is 2.76 bits per heavy atom. The lowest BCUT2D eigenvalue weighted by Gasteiger charge is -2.11. The van der Waals surface area contributed by atoms with Crippen molar-refractivity contribution in [3.8, 4) is 16.6 Å². The van der Waals surface area contributed by atoms with Gasteiger partial charge in [0, 0.05) is 12.4 Å². The molecule has 0 fully saturated rings. The van der Waals surface area contributed by atoms with Gasteiger partial charge in [0.15, 0.2) is 5.01 Å². The number of anilines is 1. The van der Waals surface area contributed by atoms with E-state index in [1.807, 2.05) is 32.0 Å². The van der Waals surface area contributed by atoms with Gasteiger partial charge in [-0.2, -0.15) is 0 Å². The molecule has 0 spiro atoms. The summed E-state index contributed by atoms with van der Waals surface area (Å²) in [7, 11) is 0. The molecule has 0 bridgehead atoms. The first-order valence-corrected chi connectivity index (χ1v) is 8.59. The van der Waals surface area contributed by atoms with Gasteiger partial charge in [-0.3, -0.25) is 15.1 Å². The second kappa shape index (κ2) is 7.80. The predicted molar refractivity (Wildman–Crippen MR) is 95.7 cm³/mol. The number of carbonyl (C=O) groups excluding carboxylic acids is 1. The number of carbonyl (C=O) groups is 1. The normalized spacial score (nSPS) is 10.7. The first-order chi connectivity index (χ1) is 12.1. The van der Waals surface area contributed by atoms with Gasteiger partial charge in [-0.15, -0.1) is 10.2 Å². The maximum Gasteiger partial charge on any atom is 0.262 e. The fourth-order valence-electron chi connectivity index (χ4n) is 1.96. The molecule has 0 saturated heterocycles. The number of pyridine rings is 2. The van der Waals surface area contributed by atoms with Crippen LogP contribution in [0.25, 0.3) is 10.7 Å². The summed E-state index contributed by atoms with van der Waals surface area (Å²) in [5, 5.41) is 11.8. The average Bonchev–Trinajstić information content (AvgIpc) is 3.09. The molecule has 7 nitrogen and oxygen atoms in total. The van der Waals surface area contributed by atoms with Gasteiger partial charge in [0.25, 0.3) is 5.91 Å². The molecule has 1 N–H and O–H groups in total. The van der Waals surface area contributed by atoms with Gasteiger partial charge in [0.1, 0.15) is 11.3 Å². The highest BCUT2D eigenvalue weighted by Crippen LogP contribution is 2.25. The van der Waals surface area contributed by atoms with Crippen molar-refractivity contribution >= 4 is 22.4 Å². The lowest BCUT2D eigenvalue weighted by molar-refractivity contribution is 0.102. The van der Waals surface area contributed by atoms with E-state index in [2.05, 4.69) is 25.5 Å². The van der Waals surface area contributed by atoms with Crippen molar-refractivity contribution in [2.24, 2.45) is 5.92 Å². The molecule has 0 aliphatic rings. The molecular formula is C17H17N5O2S. The van der Waals surface area contributed by atoms with Crippen LogP contribution in [0, 0.1) is 5.92 Å². The van der Waals surface area contributed by atoms with Gasteiger partial charge in [-0.05, 0) is 30.2 Å². The molecule has 1 amide bonds. The minimum Gasteiger partial charge on any atom is -0.477 e. The van der Waals surface area contributed by atoms with Crippen molar-refractivity contribution in [3.63, 3.8) is 0 Å². The molecule has 3 aromatic rings. The van der Waals surface area contributed by atoms with E-state index in [4.69, 9.17) is 4.74 Å². The summed E-state index contributed by atoms with van der Waals surface area (Å²) >= 11 is 1.26. The Morgan fingerprint density at radius 1 is 1.16 bits per heavy atom. The van der Waals surface area contributed by atoms with Crippen molar-refractivity contribution in [2.75, 3.05) is 11.9 Å². The minimum atomic E-state index is -0.337. The third-order valence-corrected chi connectivity index (χ3v) is 3.96. The second-order valence-corrected chi connectivity index (χ2v) is 6.62. The molecule has 0 aromatic carbocycles. The first-order valence-electron chi connectivity index (χ1n) is 7.77. The topological polar surface area (TPSA) is 89.9 Å². The van der Waals surface area contributed by atoms with Crippen molar-refractivity contribution in [2.45, 2.75) is 13.8 Å². The van der Waals surface area contributed by atoms with Gasteiger partial charge in [-0.1, -0.05) is 31.3 Å². The minimum absolute atomic E-state index is 0.308. The maximum atomic E-state index is 12.5. The quantitative estimate of drug-likeness (QED) is 0.730. The zero-order valence-electron chi connectivity index (χ0n) is 13.8. The van der Waals surface area contributed by atoms with Crippen LogP contribution in [0.3, 0.4) is 0 Å². The smallest absolute Gasteiger partial charge is 0.262 e. The predicted octanol–water partition coefficient (Wildman–Crippen LogP) is 3.28. The Labute approximate surface area is 149 Å². The molecule has 3 rings (SSSR count). The molecule has 0 radical (unpaired) electrons. The molecule has 0 saturated carbocycles. The van der Waals surface area contributed by atoms with Crippen LogP contribution in [0.2, 0.25) is 0 Å². The Hall–Kier alpha value is -2.87. The van der Waals surface area contributed by atoms with E-state index in [9.17, 15) is 4.79 Å². The number of aromatic nitrogens is 4. The summed E-state index contributed by atoms with van der Waals surface area (Å²) in [5.41, 5.74) is 1.07. The number of ether oxygens (including phenoxy) is 1.